The van der Waals surface area contributed by atoms with Crippen LogP contribution in [0, 0.1) is 12.3 Å². The molecule has 17 heavy (non-hydrogen) atoms. The van der Waals surface area contributed by atoms with Crippen LogP contribution in [0.3, 0.4) is 0 Å². The Morgan fingerprint density at radius 2 is 1.94 bits per heavy atom. The Kier molecular flexibility index (Phi) is 4.58. The molecule has 2 nitrogen and oxygen atoms in total. The molecule has 0 aliphatic rings. The number of likely N-dealkylation sites (N-methyl/N-ethyl adjacent to an activating group) is 1. The van der Waals surface area contributed by atoms with Crippen LogP contribution in [-0.2, 0) is 0 Å². The van der Waals surface area contributed by atoms with Crippen molar-refractivity contribution < 1.29 is 0 Å². The summed E-state index contributed by atoms with van der Waals surface area (Å²) in [6, 6.07) is 9.02. The number of nitrogens with two attached hydrogens (primary N) is 1. The molecule has 1 atom stereocenters. The van der Waals surface area contributed by atoms with Gasteiger partial charge in [-0.2, -0.15) is 0 Å². The Labute approximate surface area is 106 Å². The fraction of sp³-hybridized carbons (Fsp3) is 0.600. The van der Waals surface area contributed by atoms with Crippen molar-refractivity contribution >= 4 is 5.69 Å². The lowest BCUT2D eigenvalue weighted by Gasteiger charge is -2.40. The van der Waals surface area contributed by atoms with Crippen LogP contribution in [0.5, 0.6) is 0 Å². The second-order valence-corrected chi connectivity index (χ2v) is 5.74. The van der Waals surface area contributed by atoms with Gasteiger partial charge in [0.1, 0.15) is 0 Å². The number of hydrogen-bond donors (Lipinski definition) is 1. The molecule has 96 valence electrons. The van der Waals surface area contributed by atoms with Crippen LogP contribution in [0.4, 0.5) is 5.69 Å². The summed E-state index contributed by atoms with van der Waals surface area (Å²) >= 11 is 0. The molecule has 1 aromatic carbocycles. The van der Waals surface area contributed by atoms with Gasteiger partial charge in [-0.3, -0.25) is 0 Å². The second kappa shape index (κ2) is 5.54. The standard InChI is InChI=1S/C15H26N2/c1-6-17(14(11-16)15(3,4)5)13-9-7-8-12(2)10-13/h7-10,14H,6,11,16H2,1-5H3. The molecule has 0 aliphatic carbocycles. The molecule has 1 aromatic rings. The van der Waals surface area contributed by atoms with E-state index in [1.165, 1.54) is 11.3 Å². The summed E-state index contributed by atoms with van der Waals surface area (Å²) < 4.78 is 0. The monoisotopic (exact) mass is 234 g/mol. The quantitative estimate of drug-likeness (QED) is 0.867. The van der Waals surface area contributed by atoms with Gasteiger partial charge in [0.2, 0.25) is 0 Å². The van der Waals surface area contributed by atoms with E-state index >= 15 is 0 Å². The smallest absolute Gasteiger partial charge is 0.0460 e. The van der Waals surface area contributed by atoms with Gasteiger partial charge in [-0.05, 0) is 37.0 Å². The molecule has 0 saturated carbocycles. The van der Waals surface area contributed by atoms with Gasteiger partial charge in [0.05, 0.1) is 0 Å². The molecule has 2 N–H and O–H groups in total. The van der Waals surface area contributed by atoms with E-state index in [-0.39, 0.29) is 5.41 Å². The van der Waals surface area contributed by atoms with E-state index < -0.39 is 0 Å². The molecule has 2 heteroatoms. The Hall–Kier alpha value is -1.02. The Morgan fingerprint density at radius 3 is 2.35 bits per heavy atom. The van der Waals surface area contributed by atoms with Crippen LogP contribution in [0.15, 0.2) is 24.3 Å². The molecule has 0 heterocycles. The van der Waals surface area contributed by atoms with E-state index in [1.807, 2.05) is 0 Å². The summed E-state index contributed by atoms with van der Waals surface area (Å²) in [5.74, 6) is 0. The summed E-state index contributed by atoms with van der Waals surface area (Å²) in [6.07, 6.45) is 0. The Balaban J connectivity index is 3.05. The third-order valence-electron chi connectivity index (χ3n) is 3.27. The molecule has 0 bridgehead atoms. The predicted octanol–water partition coefficient (Wildman–Crippen LogP) is 3.19. The van der Waals surface area contributed by atoms with Crippen LogP contribution in [-0.4, -0.2) is 19.1 Å². The molecule has 0 aromatic heterocycles. The average Bonchev–Trinajstić information content (AvgIpc) is 2.23. The highest BCUT2D eigenvalue weighted by Crippen LogP contribution is 2.28. The summed E-state index contributed by atoms with van der Waals surface area (Å²) in [5.41, 5.74) is 8.73. The predicted molar refractivity (Wildman–Crippen MR) is 76.5 cm³/mol. The Bertz CT molecular complexity index is 352. The number of rotatable bonds is 4. The maximum absolute atomic E-state index is 5.97. The lowest BCUT2D eigenvalue weighted by atomic mass is 9.85. The third-order valence-corrected chi connectivity index (χ3v) is 3.27. The van der Waals surface area contributed by atoms with Gasteiger partial charge in [0.25, 0.3) is 0 Å². The second-order valence-electron chi connectivity index (χ2n) is 5.74. The van der Waals surface area contributed by atoms with E-state index in [4.69, 9.17) is 5.73 Å². The van der Waals surface area contributed by atoms with Gasteiger partial charge < -0.3 is 10.6 Å². The normalized spacial score (nSPS) is 13.5. The lowest BCUT2D eigenvalue weighted by molar-refractivity contribution is 0.309. The van der Waals surface area contributed by atoms with E-state index in [1.54, 1.807) is 0 Å². The van der Waals surface area contributed by atoms with Crippen LogP contribution in [0.2, 0.25) is 0 Å². The first-order chi connectivity index (χ1) is 7.90. The molecule has 0 saturated heterocycles. The highest BCUT2D eigenvalue weighted by atomic mass is 15.2. The van der Waals surface area contributed by atoms with E-state index in [2.05, 4.69) is 63.8 Å². The van der Waals surface area contributed by atoms with E-state index in [0.29, 0.717) is 12.6 Å². The van der Waals surface area contributed by atoms with Crippen molar-refractivity contribution in [2.75, 3.05) is 18.0 Å². The van der Waals surface area contributed by atoms with Crippen molar-refractivity contribution in [3.05, 3.63) is 29.8 Å². The van der Waals surface area contributed by atoms with Crippen molar-refractivity contribution in [2.24, 2.45) is 11.1 Å². The molecule has 1 unspecified atom stereocenters. The number of nitrogens with zero attached hydrogens (tertiary/aromatic N) is 1. The highest BCUT2D eigenvalue weighted by Gasteiger charge is 2.28. The maximum Gasteiger partial charge on any atom is 0.0460 e. The minimum absolute atomic E-state index is 0.189. The van der Waals surface area contributed by atoms with Gasteiger partial charge in [-0.1, -0.05) is 32.9 Å². The van der Waals surface area contributed by atoms with Crippen molar-refractivity contribution in [3.63, 3.8) is 0 Å². The van der Waals surface area contributed by atoms with E-state index in [0.717, 1.165) is 6.54 Å². The average molecular weight is 234 g/mol. The maximum atomic E-state index is 5.97. The molecule has 0 aliphatic heterocycles. The van der Waals surface area contributed by atoms with Crippen molar-refractivity contribution in [3.8, 4) is 0 Å². The number of benzene rings is 1. The zero-order valence-corrected chi connectivity index (χ0v) is 11.8. The van der Waals surface area contributed by atoms with Crippen molar-refractivity contribution in [2.45, 2.75) is 40.7 Å². The highest BCUT2D eigenvalue weighted by molar-refractivity contribution is 5.49. The van der Waals surface area contributed by atoms with Crippen molar-refractivity contribution in [1.29, 1.82) is 0 Å². The van der Waals surface area contributed by atoms with E-state index in [9.17, 15) is 0 Å². The van der Waals surface area contributed by atoms with Crippen LogP contribution >= 0.6 is 0 Å². The number of aryl methyl sites for hydroxylation is 1. The fourth-order valence-corrected chi connectivity index (χ4v) is 2.34. The number of anilines is 1. The molecule has 1 rings (SSSR count). The van der Waals surface area contributed by atoms with Gasteiger partial charge in [0.15, 0.2) is 0 Å². The first-order valence-corrected chi connectivity index (χ1v) is 6.43. The van der Waals surface area contributed by atoms with Gasteiger partial charge >= 0.3 is 0 Å². The zero-order chi connectivity index (χ0) is 13.1. The van der Waals surface area contributed by atoms with Gasteiger partial charge in [0, 0.05) is 24.8 Å². The molecule has 0 fully saturated rings. The third kappa shape index (κ3) is 3.47. The topological polar surface area (TPSA) is 29.3 Å². The lowest BCUT2D eigenvalue weighted by Crippen LogP contribution is -2.49. The van der Waals surface area contributed by atoms with Gasteiger partial charge in [-0.15, -0.1) is 0 Å². The minimum atomic E-state index is 0.189. The largest absolute Gasteiger partial charge is 0.367 e. The number of hydrogen-bond acceptors (Lipinski definition) is 2. The van der Waals surface area contributed by atoms with Gasteiger partial charge in [-0.25, -0.2) is 0 Å². The summed E-state index contributed by atoms with van der Waals surface area (Å²) in [4.78, 5) is 2.41. The summed E-state index contributed by atoms with van der Waals surface area (Å²) in [7, 11) is 0. The first-order valence-electron chi connectivity index (χ1n) is 6.43. The van der Waals surface area contributed by atoms with Crippen LogP contribution < -0.4 is 10.6 Å². The first kappa shape index (κ1) is 14.0. The molecular weight excluding hydrogens is 208 g/mol. The van der Waals surface area contributed by atoms with Crippen LogP contribution in [0.1, 0.15) is 33.3 Å². The zero-order valence-electron chi connectivity index (χ0n) is 11.8. The molecule has 0 spiro atoms. The van der Waals surface area contributed by atoms with Crippen molar-refractivity contribution in [1.82, 2.24) is 0 Å². The summed E-state index contributed by atoms with van der Waals surface area (Å²) in [5, 5.41) is 0. The molecular formula is C15H26N2. The summed E-state index contributed by atoms with van der Waals surface area (Å²) in [6.45, 7) is 12.8. The minimum Gasteiger partial charge on any atom is -0.367 e. The SMILES string of the molecule is CCN(c1cccc(C)c1)C(CN)C(C)(C)C. The van der Waals surface area contributed by atoms with Crippen LogP contribution in [0.25, 0.3) is 0 Å². The molecule has 0 radical (unpaired) electrons. The Morgan fingerprint density at radius 1 is 1.29 bits per heavy atom. The molecule has 0 amide bonds. The fourth-order valence-electron chi connectivity index (χ4n) is 2.34.